The molecule has 1 heterocycles. The lowest BCUT2D eigenvalue weighted by atomic mass is 9.83. The first kappa shape index (κ1) is 15.6. The van der Waals surface area contributed by atoms with Crippen LogP contribution in [-0.2, 0) is 4.79 Å². The van der Waals surface area contributed by atoms with Gasteiger partial charge in [-0.3, -0.25) is 4.79 Å². The SMILES string of the molecule is CCCOc1ccc([C@H]2CC(=O)Nc3cc(C)c(C)cc32)cc1. The van der Waals surface area contributed by atoms with Crippen LogP contribution in [0.1, 0.15) is 47.9 Å². The Morgan fingerprint density at radius 3 is 2.52 bits per heavy atom. The van der Waals surface area contributed by atoms with Gasteiger partial charge in [0.2, 0.25) is 5.91 Å². The summed E-state index contributed by atoms with van der Waals surface area (Å²) in [4.78, 5) is 12.1. The van der Waals surface area contributed by atoms with Crippen LogP contribution in [-0.4, -0.2) is 12.5 Å². The monoisotopic (exact) mass is 309 g/mol. The largest absolute Gasteiger partial charge is 0.494 e. The third kappa shape index (κ3) is 3.24. The summed E-state index contributed by atoms with van der Waals surface area (Å²) in [5.74, 6) is 1.08. The molecule has 120 valence electrons. The number of nitrogens with one attached hydrogen (secondary N) is 1. The molecule has 0 saturated heterocycles. The smallest absolute Gasteiger partial charge is 0.225 e. The topological polar surface area (TPSA) is 38.3 Å². The molecule has 0 aliphatic carbocycles. The molecule has 0 aromatic heterocycles. The van der Waals surface area contributed by atoms with Gasteiger partial charge in [-0.05, 0) is 60.7 Å². The predicted octanol–water partition coefficient (Wildman–Crippen LogP) is 4.57. The second-order valence-electron chi connectivity index (χ2n) is 6.25. The third-order valence-electron chi connectivity index (χ3n) is 4.46. The molecule has 0 spiro atoms. The molecule has 1 N–H and O–H groups in total. The van der Waals surface area contributed by atoms with Crippen molar-refractivity contribution in [1.82, 2.24) is 0 Å². The van der Waals surface area contributed by atoms with Crippen LogP contribution in [0.5, 0.6) is 5.75 Å². The van der Waals surface area contributed by atoms with Crippen molar-refractivity contribution in [3.8, 4) is 5.75 Å². The summed E-state index contributed by atoms with van der Waals surface area (Å²) in [6, 6.07) is 12.4. The number of fused-ring (bicyclic) bond motifs is 1. The number of rotatable bonds is 4. The van der Waals surface area contributed by atoms with Crippen LogP contribution >= 0.6 is 0 Å². The highest BCUT2D eigenvalue weighted by Crippen LogP contribution is 2.38. The van der Waals surface area contributed by atoms with Crippen LogP contribution in [0.25, 0.3) is 0 Å². The molecule has 1 amide bonds. The number of ether oxygens (including phenoxy) is 1. The molecule has 1 aliphatic rings. The maximum Gasteiger partial charge on any atom is 0.225 e. The third-order valence-corrected chi connectivity index (χ3v) is 4.46. The lowest BCUT2D eigenvalue weighted by Gasteiger charge is -2.27. The normalized spacial score (nSPS) is 16.7. The van der Waals surface area contributed by atoms with E-state index >= 15 is 0 Å². The second-order valence-corrected chi connectivity index (χ2v) is 6.25. The summed E-state index contributed by atoms with van der Waals surface area (Å²) >= 11 is 0. The average molecular weight is 309 g/mol. The Balaban J connectivity index is 1.94. The number of amides is 1. The molecule has 3 heteroatoms. The number of hydrogen-bond donors (Lipinski definition) is 1. The van der Waals surface area contributed by atoms with E-state index < -0.39 is 0 Å². The first-order chi connectivity index (χ1) is 11.1. The number of aryl methyl sites for hydroxylation is 2. The van der Waals surface area contributed by atoms with E-state index in [0.717, 1.165) is 30.0 Å². The first-order valence-electron chi connectivity index (χ1n) is 8.22. The van der Waals surface area contributed by atoms with Gasteiger partial charge in [0.15, 0.2) is 0 Å². The fourth-order valence-corrected chi connectivity index (χ4v) is 3.05. The van der Waals surface area contributed by atoms with Gasteiger partial charge in [0.05, 0.1) is 6.61 Å². The Morgan fingerprint density at radius 2 is 1.83 bits per heavy atom. The Kier molecular flexibility index (Phi) is 4.37. The van der Waals surface area contributed by atoms with Crippen molar-refractivity contribution >= 4 is 11.6 Å². The van der Waals surface area contributed by atoms with E-state index in [1.807, 2.05) is 12.1 Å². The molecule has 0 unspecified atom stereocenters. The summed E-state index contributed by atoms with van der Waals surface area (Å²) in [6.45, 7) is 7.01. The van der Waals surface area contributed by atoms with Gasteiger partial charge in [0, 0.05) is 18.0 Å². The van der Waals surface area contributed by atoms with E-state index in [4.69, 9.17) is 4.74 Å². The maximum atomic E-state index is 12.1. The minimum absolute atomic E-state index is 0.0806. The molecule has 1 aliphatic heterocycles. The lowest BCUT2D eigenvalue weighted by molar-refractivity contribution is -0.116. The van der Waals surface area contributed by atoms with Crippen LogP contribution in [0.4, 0.5) is 5.69 Å². The van der Waals surface area contributed by atoms with Crippen LogP contribution in [0.15, 0.2) is 36.4 Å². The van der Waals surface area contributed by atoms with Crippen LogP contribution in [0.3, 0.4) is 0 Å². The van der Waals surface area contributed by atoms with Crippen molar-refractivity contribution in [2.75, 3.05) is 11.9 Å². The van der Waals surface area contributed by atoms with Crippen molar-refractivity contribution in [3.05, 3.63) is 58.7 Å². The van der Waals surface area contributed by atoms with Crippen molar-refractivity contribution in [2.45, 2.75) is 39.5 Å². The van der Waals surface area contributed by atoms with Gasteiger partial charge in [0.1, 0.15) is 5.75 Å². The summed E-state index contributed by atoms with van der Waals surface area (Å²) in [5, 5.41) is 3.00. The minimum Gasteiger partial charge on any atom is -0.494 e. The Morgan fingerprint density at radius 1 is 1.13 bits per heavy atom. The fraction of sp³-hybridized carbons (Fsp3) is 0.350. The fourth-order valence-electron chi connectivity index (χ4n) is 3.05. The number of benzene rings is 2. The Labute approximate surface area is 137 Å². The van der Waals surface area contributed by atoms with E-state index in [-0.39, 0.29) is 11.8 Å². The summed E-state index contributed by atoms with van der Waals surface area (Å²) in [7, 11) is 0. The predicted molar refractivity (Wildman–Crippen MR) is 93.2 cm³/mol. The highest BCUT2D eigenvalue weighted by molar-refractivity contribution is 5.95. The second kappa shape index (κ2) is 6.45. The first-order valence-corrected chi connectivity index (χ1v) is 8.22. The van der Waals surface area contributed by atoms with Gasteiger partial charge in [-0.25, -0.2) is 0 Å². The van der Waals surface area contributed by atoms with E-state index in [0.29, 0.717) is 6.42 Å². The number of carbonyl (C=O) groups is 1. The number of carbonyl (C=O) groups excluding carboxylic acids is 1. The van der Waals surface area contributed by atoms with E-state index in [9.17, 15) is 4.79 Å². The van der Waals surface area contributed by atoms with E-state index in [1.165, 1.54) is 16.7 Å². The zero-order valence-corrected chi connectivity index (χ0v) is 14.0. The minimum atomic E-state index is 0.0806. The van der Waals surface area contributed by atoms with Crippen molar-refractivity contribution < 1.29 is 9.53 Å². The van der Waals surface area contributed by atoms with Gasteiger partial charge in [-0.15, -0.1) is 0 Å². The molecule has 0 fully saturated rings. The number of hydrogen-bond acceptors (Lipinski definition) is 2. The molecule has 0 radical (unpaired) electrons. The van der Waals surface area contributed by atoms with E-state index in [1.54, 1.807) is 0 Å². The molecular formula is C20H23NO2. The molecule has 1 atom stereocenters. The molecule has 0 bridgehead atoms. The standard InChI is InChI=1S/C20H23NO2/c1-4-9-23-16-7-5-15(6-8-16)17-12-20(22)21-19-11-14(3)13(2)10-18(17)19/h5-8,10-11,17H,4,9,12H2,1-3H3,(H,21,22)/t17-/m1/s1. The molecule has 3 nitrogen and oxygen atoms in total. The van der Waals surface area contributed by atoms with Crippen molar-refractivity contribution in [1.29, 1.82) is 0 Å². The summed E-state index contributed by atoms with van der Waals surface area (Å²) in [5.41, 5.74) is 5.77. The van der Waals surface area contributed by atoms with Gasteiger partial charge < -0.3 is 10.1 Å². The molecular weight excluding hydrogens is 286 g/mol. The quantitative estimate of drug-likeness (QED) is 0.898. The highest BCUT2D eigenvalue weighted by Gasteiger charge is 2.27. The average Bonchev–Trinajstić information content (AvgIpc) is 2.54. The zero-order valence-electron chi connectivity index (χ0n) is 14.0. The summed E-state index contributed by atoms with van der Waals surface area (Å²) in [6.07, 6.45) is 1.49. The van der Waals surface area contributed by atoms with Crippen molar-refractivity contribution in [2.24, 2.45) is 0 Å². The molecule has 23 heavy (non-hydrogen) atoms. The Bertz CT molecular complexity index is 719. The van der Waals surface area contributed by atoms with E-state index in [2.05, 4.69) is 50.4 Å². The lowest BCUT2D eigenvalue weighted by Crippen LogP contribution is -2.23. The van der Waals surface area contributed by atoms with Crippen molar-refractivity contribution in [3.63, 3.8) is 0 Å². The van der Waals surface area contributed by atoms with Gasteiger partial charge in [-0.1, -0.05) is 25.1 Å². The van der Waals surface area contributed by atoms with Gasteiger partial charge >= 0.3 is 0 Å². The van der Waals surface area contributed by atoms with Crippen LogP contribution < -0.4 is 10.1 Å². The van der Waals surface area contributed by atoms with Crippen LogP contribution in [0, 0.1) is 13.8 Å². The Hall–Kier alpha value is -2.29. The number of anilines is 1. The maximum absolute atomic E-state index is 12.1. The molecule has 2 aromatic carbocycles. The zero-order chi connectivity index (χ0) is 16.4. The molecule has 2 aromatic rings. The molecule has 3 rings (SSSR count). The van der Waals surface area contributed by atoms with Gasteiger partial charge in [-0.2, -0.15) is 0 Å². The highest BCUT2D eigenvalue weighted by atomic mass is 16.5. The van der Waals surface area contributed by atoms with Crippen LogP contribution in [0.2, 0.25) is 0 Å². The molecule has 0 saturated carbocycles. The van der Waals surface area contributed by atoms with Gasteiger partial charge in [0.25, 0.3) is 0 Å². The summed E-state index contributed by atoms with van der Waals surface area (Å²) < 4.78 is 5.64.